The van der Waals surface area contributed by atoms with Crippen molar-refractivity contribution in [2.24, 2.45) is 5.73 Å². The fourth-order valence-corrected chi connectivity index (χ4v) is 2.06. The number of amides is 1. The number of ether oxygens (including phenoxy) is 1. The van der Waals surface area contributed by atoms with Gasteiger partial charge < -0.3 is 15.4 Å². The normalized spacial score (nSPS) is 19.1. The topological polar surface area (TPSA) is 55.6 Å². The first-order valence-electron chi connectivity index (χ1n) is 5.81. The van der Waals surface area contributed by atoms with Gasteiger partial charge in [0.05, 0.1) is 0 Å². The highest BCUT2D eigenvalue weighted by Gasteiger charge is 2.31. The Bertz CT molecular complexity index is 502. The summed E-state index contributed by atoms with van der Waals surface area (Å²) in [4.78, 5) is 13.8. The Morgan fingerprint density at radius 3 is 2.83 bits per heavy atom. The molecule has 1 fully saturated rings. The number of aryl methyl sites for hydroxylation is 1. The Hall–Kier alpha value is -1.62. The second-order valence-electron chi connectivity index (χ2n) is 4.50. The Morgan fingerprint density at radius 1 is 1.56 bits per heavy atom. The van der Waals surface area contributed by atoms with Crippen LogP contribution in [0.1, 0.15) is 17.5 Å². The Balaban J connectivity index is 2.21. The van der Waals surface area contributed by atoms with Gasteiger partial charge in [-0.1, -0.05) is 24.4 Å². The molecule has 1 saturated heterocycles. The molecule has 0 aliphatic carbocycles. The fraction of sp³-hybridized carbons (Fsp3) is 0.385. The van der Waals surface area contributed by atoms with Crippen molar-refractivity contribution in [3.05, 3.63) is 29.3 Å². The predicted molar refractivity (Wildman–Crippen MR) is 73.7 cm³/mol. The van der Waals surface area contributed by atoms with Crippen molar-refractivity contribution in [2.45, 2.75) is 19.4 Å². The second kappa shape index (κ2) is 4.94. The average molecular weight is 264 g/mol. The van der Waals surface area contributed by atoms with E-state index in [4.69, 9.17) is 22.7 Å². The van der Waals surface area contributed by atoms with Crippen molar-refractivity contribution in [3.63, 3.8) is 0 Å². The van der Waals surface area contributed by atoms with Gasteiger partial charge in [-0.15, -0.1) is 0 Å². The molecule has 18 heavy (non-hydrogen) atoms. The predicted octanol–water partition coefficient (Wildman–Crippen LogP) is 1.24. The van der Waals surface area contributed by atoms with Gasteiger partial charge in [0.2, 0.25) is 0 Å². The van der Waals surface area contributed by atoms with E-state index >= 15 is 0 Å². The second-order valence-corrected chi connectivity index (χ2v) is 4.94. The van der Waals surface area contributed by atoms with Crippen molar-refractivity contribution >= 4 is 23.1 Å². The van der Waals surface area contributed by atoms with Gasteiger partial charge in [0.15, 0.2) is 6.10 Å². The van der Waals surface area contributed by atoms with Crippen molar-refractivity contribution in [3.8, 4) is 5.75 Å². The van der Waals surface area contributed by atoms with Crippen LogP contribution in [0.4, 0.5) is 0 Å². The van der Waals surface area contributed by atoms with E-state index in [-0.39, 0.29) is 5.91 Å². The molecule has 4 nitrogen and oxygen atoms in total. The third-order valence-corrected chi connectivity index (χ3v) is 3.36. The zero-order valence-corrected chi connectivity index (χ0v) is 11.3. The van der Waals surface area contributed by atoms with Gasteiger partial charge in [0.1, 0.15) is 10.7 Å². The lowest BCUT2D eigenvalue weighted by Crippen LogP contribution is -2.29. The van der Waals surface area contributed by atoms with Gasteiger partial charge in [0.25, 0.3) is 5.91 Å². The van der Waals surface area contributed by atoms with Gasteiger partial charge >= 0.3 is 0 Å². The van der Waals surface area contributed by atoms with Gasteiger partial charge in [0, 0.05) is 25.6 Å². The van der Waals surface area contributed by atoms with Gasteiger partial charge in [-0.05, 0) is 18.6 Å². The van der Waals surface area contributed by atoms with Crippen LogP contribution in [0.3, 0.4) is 0 Å². The number of likely N-dealkylation sites (N-methyl/N-ethyl adjacent to an activating group) is 1. The van der Waals surface area contributed by atoms with Crippen molar-refractivity contribution in [1.82, 2.24) is 4.90 Å². The lowest BCUT2D eigenvalue weighted by Gasteiger charge is -2.15. The summed E-state index contributed by atoms with van der Waals surface area (Å²) in [7, 11) is 1.78. The molecule has 0 saturated carbocycles. The van der Waals surface area contributed by atoms with Gasteiger partial charge in [-0.2, -0.15) is 0 Å². The Labute approximate surface area is 112 Å². The Morgan fingerprint density at radius 2 is 2.28 bits per heavy atom. The number of hydrogen-bond donors (Lipinski definition) is 1. The van der Waals surface area contributed by atoms with Crippen LogP contribution in [0.5, 0.6) is 5.75 Å². The van der Waals surface area contributed by atoms with E-state index in [9.17, 15) is 4.79 Å². The minimum atomic E-state index is -0.393. The quantitative estimate of drug-likeness (QED) is 0.835. The van der Waals surface area contributed by atoms with Crippen molar-refractivity contribution < 1.29 is 9.53 Å². The molecule has 2 N–H and O–H groups in total. The van der Waals surface area contributed by atoms with E-state index in [1.807, 2.05) is 19.1 Å². The van der Waals surface area contributed by atoms with Crippen LogP contribution in [0, 0.1) is 6.92 Å². The van der Waals surface area contributed by atoms with Crippen LogP contribution in [0.25, 0.3) is 0 Å². The molecule has 96 valence electrons. The summed E-state index contributed by atoms with van der Waals surface area (Å²) in [6.07, 6.45) is 0.321. The highest BCUT2D eigenvalue weighted by Crippen LogP contribution is 2.24. The molecular formula is C13H16N2O2S. The van der Waals surface area contributed by atoms with Crippen LogP contribution in [-0.4, -0.2) is 35.5 Å². The van der Waals surface area contributed by atoms with Gasteiger partial charge in [-0.3, -0.25) is 4.79 Å². The summed E-state index contributed by atoms with van der Waals surface area (Å²) >= 11 is 4.94. The van der Waals surface area contributed by atoms with Crippen LogP contribution < -0.4 is 10.5 Å². The molecule has 5 heteroatoms. The molecule has 1 unspecified atom stereocenters. The summed E-state index contributed by atoms with van der Waals surface area (Å²) in [5, 5.41) is 0. The molecule has 1 amide bonds. The van der Waals surface area contributed by atoms with Crippen molar-refractivity contribution in [2.75, 3.05) is 13.6 Å². The summed E-state index contributed by atoms with van der Waals surface area (Å²) < 4.78 is 5.77. The summed E-state index contributed by atoms with van der Waals surface area (Å²) in [5.41, 5.74) is 7.31. The number of thiocarbonyl (C=S) groups is 1. The molecule has 0 radical (unpaired) electrons. The molecule has 0 spiro atoms. The minimum Gasteiger partial charge on any atom is -0.480 e. The maximum Gasteiger partial charge on any atom is 0.263 e. The smallest absolute Gasteiger partial charge is 0.263 e. The highest BCUT2D eigenvalue weighted by atomic mass is 32.1. The third-order valence-electron chi connectivity index (χ3n) is 3.12. The van der Waals surface area contributed by atoms with Crippen LogP contribution in [-0.2, 0) is 4.79 Å². The zero-order valence-electron chi connectivity index (χ0n) is 10.5. The van der Waals surface area contributed by atoms with Crippen LogP contribution >= 0.6 is 12.2 Å². The molecule has 0 bridgehead atoms. The molecule has 0 aromatic heterocycles. The summed E-state index contributed by atoms with van der Waals surface area (Å²) in [5.74, 6) is 0.698. The molecule has 1 aromatic rings. The first-order valence-corrected chi connectivity index (χ1v) is 6.22. The molecule has 2 rings (SSSR count). The molecule has 1 aromatic carbocycles. The molecule has 1 aliphatic heterocycles. The summed E-state index contributed by atoms with van der Waals surface area (Å²) in [6, 6.07) is 5.54. The van der Waals surface area contributed by atoms with Gasteiger partial charge in [-0.25, -0.2) is 0 Å². The lowest BCUT2D eigenvalue weighted by molar-refractivity contribution is -0.132. The maximum absolute atomic E-state index is 11.8. The van der Waals surface area contributed by atoms with E-state index in [1.54, 1.807) is 18.0 Å². The number of benzene rings is 1. The fourth-order valence-electron chi connectivity index (χ4n) is 1.93. The van der Waals surface area contributed by atoms with E-state index in [0.717, 1.165) is 17.7 Å². The first kappa shape index (κ1) is 12.8. The van der Waals surface area contributed by atoms with E-state index in [0.29, 0.717) is 17.2 Å². The molecular weight excluding hydrogens is 248 g/mol. The van der Waals surface area contributed by atoms with E-state index in [1.165, 1.54) is 0 Å². The molecule has 1 atom stereocenters. The van der Waals surface area contributed by atoms with Crippen LogP contribution in [0.2, 0.25) is 0 Å². The number of rotatable bonds is 3. The largest absolute Gasteiger partial charge is 0.480 e. The zero-order chi connectivity index (χ0) is 13.3. The SMILES string of the molecule is Cc1ccc(C(N)=S)cc1OC1CCN(C)C1=O. The lowest BCUT2D eigenvalue weighted by atomic mass is 10.1. The third kappa shape index (κ3) is 2.46. The molecule has 1 aliphatic rings. The van der Waals surface area contributed by atoms with Crippen molar-refractivity contribution in [1.29, 1.82) is 0 Å². The van der Waals surface area contributed by atoms with E-state index < -0.39 is 6.10 Å². The Kier molecular flexibility index (Phi) is 3.52. The van der Waals surface area contributed by atoms with Crippen LogP contribution in [0.15, 0.2) is 18.2 Å². The number of carbonyl (C=O) groups excluding carboxylic acids is 1. The number of hydrogen-bond acceptors (Lipinski definition) is 3. The standard InChI is InChI=1S/C13H16N2O2S/c1-8-3-4-9(12(14)18)7-11(8)17-10-5-6-15(2)13(10)16/h3-4,7,10H,5-6H2,1-2H3,(H2,14,18). The first-order chi connectivity index (χ1) is 8.49. The average Bonchev–Trinajstić information content (AvgIpc) is 2.63. The maximum atomic E-state index is 11.8. The number of nitrogens with two attached hydrogens (primary N) is 1. The summed E-state index contributed by atoms with van der Waals surface area (Å²) in [6.45, 7) is 2.67. The minimum absolute atomic E-state index is 0.0233. The molecule has 1 heterocycles. The number of likely N-dealkylation sites (tertiary alicyclic amines) is 1. The number of nitrogens with zero attached hydrogens (tertiary/aromatic N) is 1. The highest BCUT2D eigenvalue weighted by molar-refractivity contribution is 7.80. The van der Waals surface area contributed by atoms with E-state index in [2.05, 4.69) is 0 Å². The monoisotopic (exact) mass is 264 g/mol. The number of carbonyl (C=O) groups is 1.